The van der Waals surface area contributed by atoms with E-state index in [-0.39, 0.29) is 11.9 Å². The van der Waals surface area contributed by atoms with Crippen molar-refractivity contribution in [2.75, 3.05) is 50.0 Å². The topological polar surface area (TPSA) is 70.8 Å². The summed E-state index contributed by atoms with van der Waals surface area (Å²) in [6, 6.07) is 5.31. The summed E-state index contributed by atoms with van der Waals surface area (Å²) in [6.45, 7) is 7.96. The highest BCUT2D eigenvalue weighted by molar-refractivity contribution is 5.67. The standard InChI is InChI=1S/C26H41FN4O2/c1-2-3-16-33-25(32)29-22-18-26(19-22)9-14-30(15-10-26)11-6-20-7-12-31(13-8-20)24-5-4-21(28)17-23(24)27/h4-5,17,20,22H,2-3,6-16,18-19,28H2,1H3,(H,29,32). The summed E-state index contributed by atoms with van der Waals surface area (Å²) in [6.07, 6.45) is 9.90. The molecule has 0 unspecified atom stereocenters. The van der Waals surface area contributed by atoms with Gasteiger partial charge in [-0.3, -0.25) is 0 Å². The first kappa shape index (κ1) is 24.1. The van der Waals surface area contributed by atoms with Crippen LogP contribution >= 0.6 is 0 Å². The van der Waals surface area contributed by atoms with E-state index >= 15 is 0 Å². The molecule has 1 aliphatic carbocycles. The van der Waals surface area contributed by atoms with Gasteiger partial charge in [-0.25, -0.2) is 9.18 Å². The van der Waals surface area contributed by atoms with Crippen molar-refractivity contribution in [2.24, 2.45) is 11.3 Å². The van der Waals surface area contributed by atoms with Gasteiger partial charge in [0, 0.05) is 24.8 Å². The highest BCUT2D eigenvalue weighted by atomic mass is 19.1. The number of alkyl carbamates (subject to hydrolysis) is 1. The number of unbranched alkanes of at least 4 members (excludes halogenated alkanes) is 1. The lowest BCUT2D eigenvalue weighted by molar-refractivity contribution is 0.00409. The highest BCUT2D eigenvalue weighted by Gasteiger charge is 2.46. The molecule has 2 aliphatic heterocycles. The lowest BCUT2D eigenvalue weighted by Gasteiger charge is -2.52. The van der Waals surface area contributed by atoms with Crippen LogP contribution < -0.4 is 16.0 Å². The van der Waals surface area contributed by atoms with Crippen LogP contribution in [0.15, 0.2) is 18.2 Å². The fourth-order valence-electron chi connectivity index (χ4n) is 5.87. The fraction of sp³-hybridized carbons (Fsp3) is 0.731. The molecule has 3 fully saturated rings. The average molecular weight is 461 g/mol. The maximum atomic E-state index is 14.2. The van der Waals surface area contributed by atoms with Crippen LogP contribution in [0.1, 0.15) is 64.7 Å². The first-order chi connectivity index (χ1) is 16.0. The number of amides is 1. The Kier molecular flexibility index (Phi) is 7.99. The highest BCUT2D eigenvalue weighted by Crippen LogP contribution is 2.49. The van der Waals surface area contributed by atoms with E-state index in [1.807, 2.05) is 6.07 Å². The molecule has 0 atom stereocenters. The van der Waals surface area contributed by atoms with Crippen molar-refractivity contribution in [3.8, 4) is 0 Å². The molecule has 184 valence electrons. The predicted molar refractivity (Wildman–Crippen MR) is 131 cm³/mol. The third kappa shape index (κ3) is 6.31. The van der Waals surface area contributed by atoms with Crippen molar-refractivity contribution in [1.82, 2.24) is 10.2 Å². The van der Waals surface area contributed by atoms with Gasteiger partial charge in [-0.2, -0.15) is 0 Å². The van der Waals surface area contributed by atoms with Gasteiger partial charge in [0.2, 0.25) is 0 Å². The van der Waals surface area contributed by atoms with Crippen LogP contribution in [-0.2, 0) is 4.74 Å². The number of nitrogens with two attached hydrogens (primary N) is 1. The van der Waals surface area contributed by atoms with Crippen molar-refractivity contribution in [3.05, 3.63) is 24.0 Å². The zero-order valence-corrected chi connectivity index (χ0v) is 20.2. The first-order valence-corrected chi connectivity index (χ1v) is 12.9. The van der Waals surface area contributed by atoms with E-state index in [1.165, 1.54) is 45.0 Å². The van der Waals surface area contributed by atoms with Gasteiger partial charge in [-0.05, 0) is 101 Å². The maximum absolute atomic E-state index is 14.2. The molecular weight excluding hydrogens is 419 g/mol. The lowest BCUT2D eigenvalue weighted by atomic mass is 9.60. The Bertz CT molecular complexity index is 780. The minimum Gasteiger partial charge on any atom is -0.450 e. The number of halogens is 1. The number of nitrogen functional groups attached to an aromatic ring is 1. The molecule has 0 bridgehead atoms. The number of carbonyl (C=O) groups is 1. The smallest absolute Gasteiger partial charge is 0.407 e. The number of hydrogen-bond donors (Lipinski definition) is 2. The van der Waals surface area contributed by atoms with E-state index in [0.717, 1.165) is 57.5 Å². The molecule has 2 saturated heterocycles. The van der Waals surface area contributed by atoms with Gasteiger partial charge < -0.3 is 25.6 Å². The Morgan fingerprint density at radius 3 is 2.61 bits per heavy atom. The van der Waals surface area contributed by atoms with E-state index in [0.29, 0.717) is 29.4 Å². The Balaban J connectivity index is 1.10. The number of rotatable bonds is 8. The van der Waals surface area contributed by atoms with Crippen LogP contribution in [0, 0.1) is 17.2 Å². The molecule has 6 nitrogen and oxygen atoms in total. The lowest BCUT2D eigenvalue weighted by Crippen LogP contribution is -2.55. The van der Waals surface area contributed by atoms with Crippen LogP contribution in [0.4, 0.5) is 20.6 Å². The average Bonchev–Trinajstić information content (AvgIpc) is 2.78. The summed E-state index contributed by atoms with van der Waals surface area (Å²) >= 11 is 0. The molecule has 1 aromatic carbocycles. The number of nitrogens with zero attached hydrogens (tertiary/aromatic N) is 2. The van der Waals surface area contributed by atoms with Gasteiger partial charge in [0.05, 0.1) is 12.3 Å². The molecule has 7 heteroatoms. The zero-order chi connectivity index (χ0) is 23.3. The predicted octanol–water partition coefficient (Wildman–Crippen LogP) is 4.79. The molecule has 1 aromatic rings. The summed E-state index contributed by atoms with van der Waals surface area (Å²) in [5.41, 5.74) is 7.28. The largest absolute Gasteiger partial charge is 0.450 e. The molecule has 0 radical (unpaired) electrons. The first-order valence-electron chi connectivity index (χ1n) is 12.9. The van der Waals surface area contributed by atoms with Gasteiger partial charge in [-0.15, -0.1) is 0 Å². The number of anilines is 2. The van der Waals surface area contributed by atoms with Crippen molar-refractivity contribution >= 4 is 17.5 Å². The minimum absolute atomic E-state index is 0.211. The van der Waals surface area contributed by atoms with E-state index in [4.69, 9.17) is 10.5 Å². The molecule has 4 rings (SSSR count). The molecular formula is C26H41FN4O2. The number of ether oxygens (including phenoxy) is 1. The Labute approximate surface area is 198 Å². The zero-order valence-electron chi connectivity index (χ0n) is 20.2. The summed E-state index contributed by atoms with van der Waals surface area (Å²) in [7, 11) is 0. The normalized spacial score (nSPS) is 21.7. The van der Waals surface area contributed by atoms with Gasteiger partial charge >= 0.3 is 6.09 Å². The number of piperidine rings is 2. The Hall–Kier alpha value is -2.02. The number of carbonyl (C=O) groups excluding carboxylic acids is 1. The molecule has 3 N–H and O–H groups in total. The van der Waals surface area contributed by atoms with Crippen molar-refractivity contribution < 1.29 is 13.9 Å². The number of likely N-dealkylation sites (tertiary alicyclic amines) is 1. The molecule has 1 spiro atoms. The summed E-state index contributed by atoms with van der Waals surface area (Å²) < 4.78 is 19.4. The second-order valence-electron chi connectivity index (χ2n) is 10.5. The number of hydrogen-bond acceptors (Lipinski definition) is 5. The molecule has 1 amide bonds. The molecule has 3 aliphatic rings. The fourth-order valence-corrected chi connectivity index (χ4v) is 5.87. The third-order valence-corrected chi connectivity index (χ3v) is 8.11. The van der Waals surface area contributed by atoms with Crippen molar-refractivity contribution in [1.29, 1.82) is 0 Å². The van der Waals surface area contributed by atoms with Crippen LogP contribution in [0.3, 0.4) is 0 Å². The van der Waals surface area contributed by atoms with E-state index in [2.05, 4.69) is 22.0 Å². The van der Waals surface area contributed by atoms with Gasteiger partial charge in [-0.1, -0.05) is 13.3 Å². The maximum Gasteiger partial charge on any atom is 0.407 e. The van der Waals surface area contributed by atoms with Gasteiger partial charge in [0.1, 0.15) is 5.82 Å². The second-order valence-corrected chi connectivity index (χ2v) is 10.5. The van der Waals surface area contributed by atoms with Crippen LogP contribution in [-0.4, -0.2) is 56.4 Å². The number of nitrogens with one attached hydrogen (secondary N) is 1. The van der Waals surface area contributed by atoms with Crippen molar-refractivity contribution in [2.45, 2.75) is 70.8 Å². The monoisotopic (exact) mass is 460 g/mol. The molecule has 1 saturated carbocycles. The molecule has 2 heterocycles. The van der Waals surface area contributed by atoms with E-state index in [1.54, 1.807) is 6.07 Å². The van der Waals surface area contributed by atoms with Gasteiger partial charge in [0.15, 0.2) is 0 Å². The Morgan fingerprint density at radius 1 is 1.21 bits per heavy atom. The molecule has 33 heavy (non-hydrogen) atoms. The summed E-state index contributed by atoms with van der Waals surface area (Å²) in [5, 5.41) is 3.04. The van der Waals surface area contributed by atoms with E-state index < -0.39 is 0 Å². The van der Waals surface area contributed by atoms with Crippen molar-refractivity contribution in [3.63, 3.8) is 0 Å². The third-order valence-electron chi connectivity index (χ3n) is 8.11. The van der Waals surface area contributed by atoms with Crippen LogP contribution in [0.5, 0.6) is 0 Å². The minimum atomic E-state index is -0.245. The summed E-state index contributed by atoms with van der Waals surface area (Å²) in [4.78, 5) is 16.6. The second kappa shape index (κ2) is 10.9. The quantitative estimate of drug-likeness (QED) is 0.431. The van der Waals surface area contributed by atoms with E-state index in [9.17, 15) is 9.18 Å². The van der Waals surface area contributed by atoms with Crippen LogP contribution in [0.2, 0.25) is 0 Å². The summed E-state index contributed by atoms with van der Waals surface area (Å²) in [5.74, 6) is 0.516. The molecule has 0 aromatic heterocycles. The van der Waals surface area contributed by atoms with Crippen LogP contribution in [0.25, 0.3) is 0 Å². The SMILES string of the molecule is CCCCOC(=O)NC1CC2(CCN(CCC3CCN(c4ccc(N)cc4F)CC3)CC2)C1. The Morgan fingerprint density at radius 2 is 1.94 bits per heavy atom. The number of benzene rings is 1. The van der Waals surface area contributed by atoms with Gasteiger partial charge in [0.25, 0.3) is 0 Å².